The van der Waals surface area contributed by atoms with Crippen molar-refractivity contribution in [3.63, 3.8) is 0 Å². The molecule has 0 N–H and O–H groups in total. The van der Waals surface area contributed by atoms with Gasteiger partial charge in [0.25, 0.3) is 0 Å². The van der Waals surface area contributed by atoms with Crippen LogP contribution in [0.3, 0.4) is 0 Å². The molecule has 0 saturated carbocycles. The summed E-state index contributed by atoms with van der Waals surface area (Å²) in [5.74, 6) is 0.339. The third-order valence-electron chi connectivity index (χ3n) is 5.37. The monoisotopic (exact) mass is 391 g/mol. The highest BCUT2D eigenvalue weighted by Crippen LogP contribution is 2.34. The summed E-state index contributed by atoms with van der Waals surface area (Å²) in [5, 5.41) is -0.596. The fourth-order valence-corrected chi connectivity index (χ4v) is 5.83. The SMILES string of the molecule is CC(C)CC(=O)N1CC2(C1)CS(=O)(=O)[C@@H](Cn1cnc3ccccc31)CO2. The van der Waals surface area contributed by atoms with Crippen LogP contribution in [0.2, 0.25) is 0 Å². The molecule has 1 spiro atoms. The van der Waals surface area contributed by atoms with Crippen LogP contribution in [0.5, 0.6) is 0 Å². The van der Waals surface area contributed by atoms with Crippen molar-refractivity contribution in [2.75, 3.05) is 25.4 Å². The number of sulfone groups is 1. The number of fused-ring (bicyclic) bond motifs is 1. The average Bonchev–Trinajstić information content (AvgIpc) is 2.97. The van der Waals surface area contributed by atoms with Crippen molar-refractivity contribution >= 4 is 26.8 Å². The lowest BCUT2D eigenvalue weighted by molar-refractivity contribution is -0.165. The number of hydrogen-bond donors (Lipinski definition) is 0. The minimum Gasteiger partial charge on any atom is -0.369 e. The number of nitrogens with zero attached hydrogens (tertiary/aromatic N) is 3. The summed E-state index contributed by atoms with van der Waals surface area (Å²) in [4.78, 5) is 18.2. The van der Waals surface area contributed by atoms with Gasteiger partial charge in [0.15, 0.2) is 9.84 Å². The van der Waals surface area contributed by atoms with Crippen LogP contribution in [-0.2, 0) is 25.9 Å². The van der Waals surface area contributed by atoms with Gasteiger partial charge in [0.2, 0.25) is 5.91 Å². The number of aromatic nitrogens is 2. The Hall–Kier alpha value is -1.93. The van der Waals surface area contributed by atoms with E-state index in [1.165, 1.54) is 0 Å². The van der Waals surface area contributed by atoms with Crippen molar-refractivity contribution in [3.8, 4) is 0 Å². The quantitative estimate of drug-likeness (QED) is 0.788. The molecule has 8 heteroatoms. The molecule has 1 aromatic heterocycles. The van der Waals surface area contributed by atoms with E-state index in [-0.39, 0.29) is 18.3 Å². The van der Waals surface area contributed by atoms with E-state index in [0.717, 1.165) is 11.0 Å². The lowest BCUT2D eigenvalue weighted by Crippen LogP contribution is -2.70. The maximum atomic E-state index is 12.9. The van der Waals surface area contributed by atoms with Crippen molar-refractivity contribution in [2.24, 2.45) is 5.92 Å². The normalized spacial score (nSPS) is 23.7. The smallest absolute Gasteiger partial charge is 0.223 e. The zero-order chi connectivity index (χ0) is 19.2. The van der Waals surface area contributed by atoms with Crippen LogP contribution in [0.1, 0.15) is 20.3 Å². The lowest BCUT2D eigenvalue weighted by atomic mass is 9.94. The van der Waals surface area contributed by atoms with E-state index in [1.807, 2.05) is 42.7 Å². The van der Waals surface area contributed by atoms with Gasteiger partial charge in [-0.15, -0.1) is 0 Å². The van der Waals surface area contributed by atoms with Crippen LogP contribution >= 0.6 is 0 Å². The van der Waals surface area contributed by atoms with Crippen LogP contribution in [-0.4, -0.2) is 65.1 Å². The number of rotatable bonds is 4. The Kier molecular flexibility index (Phi) is 4.50. The van der Waals surface area contributed by atoms with Crippen molar-refractivity contribution in [3.05, 3.63) is 30.6 Å². The van der Waals surface area contributed by atoms with Crippen molar-refractivity contribution in [2.45, 2.75) is 37.7 Å². The highest BCUT2D eigenvalue weighted by Gasteiger charge is 2.53. The molecule has 146 valence electrons. The number of hydrogen-bond acceptors (Lipinski definition) is 5. The first-order valence-electron chi connectivity index (χ1n) is 9.31. The molecule has 27 heavy (non-hydrogen) atoms. The standard InChI is InChI=1S/C19H25N3O4S/c1-14(2)7-18(23)22-10-19(11-22)12-27(24,25)15(9-26-19)8-21-13-20-16-5-3-4-6-17(16)21/h3-6,13-15H,7-12H2,1-2H3/t15-/m0/s1. The minimum absolute atomic E-state index is 0.0250. The van der Waals surface area contributed by atoms with Crippen LogP contribution < -0.4 is 0 Å². The summed E-state index contributed by atoms with van der Waals surface area (Å²) >= 11 is 0. The second kappa shape index (κ2) is 6.60. The van der Waals surface area contributed by atoms with Crippen LogP contribution in [0.4, 0.5) is 0 Å². The molecule has 0 aliphatic carbocycles. The van der Waals surface area contributed by atoms with Gasteiger partial charge in [0.05, 0.1) is 42.8 Å². The fraction of sp³-hybridized carbons (Fsp3) is 0.579. The highest BCUT2D eigenvalue weighted by atomic mass is 32.2. The van der Waals surface area contributed by atoms with Gasteiger partial charge in [-0.2, -0.15) is 0 Å². The largest absolute Gasteiger partial charge is 0.369 e. The maximum absolute atomic E-state index is 12.9. The summed E-state index contributed by atoms with van der Waals surface area (Å²) in [5.41, 5.74) is 1.04. The van der Waals surface area contributed by atoms with Crippen molar-refractivity contribution < 1.29 is 17.9 Å². The minimum atomic E-state index is -3.32. The molecule has 2 saturated heterocycles. The maximum Gasteiger partial charge on any atom is 0.223 e. The van der Waals surface area contributed by atoms with Gasteiger partial charge in [0, 0.05) is 13.0 Å². The van der Waals surface area contributed by atoms with Gasteiger partial charge < -0.3 is 14.2 Å². The summed E-state index contributed by atoms with van der Waals surface area (Å²) in [7, 11) is -3.32. The molecule has 3 heterocycles. The topological polar surface area (TPSA) is 81.5 Å². The van der Waals surface area contributed by atoms with E-state index in [9.17, 15) is 13.2 Å². The van der Waals surface area contributed by atoms with E-state index >= 15 is 0 Å². The number of amides is 1. The van der Waals surface area contributed by atoms with E-state index in [1.54, 1.807) is 11.2 Å². The number of carbonyl (C=O) groups excluding carboxylic acids is 1. The third kappa shape index (κ3) is 3.48. The van der Waals surface area contributed by atoms with E-state index in [4.69, 9.17) is 4.74 Å². The summed E-state index contributed by atoms with van der Waals surface area (Å²) in [6, 6.07) is 7.67. The number of carbonyl (C=O) groups is 1. The number of ether oxygens (including phenoxy) is 1. The zero-order valence-corrected chi connectivity index (χ0v) is 16.5. The molecule has 1 atom stereocenters. The molecular formula is C19H25N3O4S. The van der Waals surface area contributed by atoms with E-state index in [2.05, 4.69) is 4.98 Å². The summed E-state index contributed by atoms with van der Waals surface area (Å²) in [6.07, 6.45) is 2.17. The molecule has 1 amide bonds. The van der Waals surface area contributed by atoms with Gasteiger partial charge in [-0.05, 0) is 18.1 Å². The van der Waals surface area contributed by atoms with Gasteiger partial charge in [-0.3, -0.25) is 4.79 Å². The van der Waals surface area contributed by atoms with Crippen LogP contribution in [0, 0.1) is 5.92 Å². The van der Waals surface area contributed by atoms with Gasteiger partial charge in [-0.25, -0.2) is 13.4 Å². The van der Waals surface area contributed by atoms with Gasteiger partial charge in [-0.1, -0.05) is 26.0 Å². The van der Waals surface area contributed by atoms with Crippen LogP contribution in [0.15, 0.2) is 30.6 Å². The van der Waals surface area contributed by atoms with Gasteiger partial charge in [0.1, 0.15) is 10.9 Å². The Morgan fingerprint density at radius 3 is 2.78 bits per heavy atom. The molecule has 2 aromatic rings. The number of benzene rings is 1. The second-order valence-electron chi connectivity index (χ2n) is 8.16. The summed E-state index contributed by atoms with van der Waals surface area (Å²) < 4.78 is 33.6. The third-order valence-corrected chi connectivity index (χ3v) is 7.60. The van der Waals surface area contributed by atoms with Crippen molar-refractivity contribution in [1.29, 1.82) is 0 Å². The molecule has 0 bridgehead atoms. The molecule has 4 rings (SSSR count). The lowest BCUT2D eigenvalue weighted by Gasteiger charge is -2.52. The number of likely N-dealkylation sites (tertiary alicyclic amines) is 1. The average molecular weight is 391 g/mol. The van der Waals surface area contributed by atoms with Gasteiger partial charge >= 0.3 is 0 Å². The Morgan fingerprint density at radius 1 is 1.33 bits per heavy atom. The molecule has 0 unspecified atom stereocenters. The predicted molar refractivity (Wildman–Crippen MR) is 102 cm³/mol. The highest BCUT2D eigenvalue weighted by molar-refractivity contribution is 7.92. The van der Waals surface area contributed by atoms with E-state index in [0.29, 0.717) is 32.0 Å². The van der Waals surface area contributed by atoms with Crippen LogP contribution in [0.25, 0.3) is 11.0 Å². The molecule has 2 fully saturated rings. The first-order chi connectivity index (χ1) is 12.8. The van der Waals surface area contributed by atoms with Crippen molar-refractivity contribution in [1.82, 2.24) is 14.5 Å². The first-order valence-corrected chi connectivity index (χ1v) is 11.0. The molecule has 2 aliphatic heterocycles. The Labute approximate surface area is 159 Å². The molecule has 1 aromatic carbocycles. The molecular weight excluding hydrogens is 366 g/mol. The summed E-state index contributed by atoms with van der Waals surface area (Å²) in [6.45, 7) is 5.23. The Balaban J connectivity index is 1.43. The number of imidazole rings is 1. The number of para-hydroxylation sites is 2. The molecule has 0 radical (unpaired) electrons. The second-order valence-corrected chi connectivity index (χ2v) is 10.4. The zero-order valence-electron chi connectivity index (χ0n) is 15.7. The molecule has 7 nitrogen and oxygen atoms in total. The molecule has 2 aliphatic rings. The first kappa shape index (κ1) is 18.4. The predicted octanol–water partition coefficient (Wildman–Crippen LogP) is 1.48. The van der Waals surface area contributed by atoms with E-state index < -0.39 is 20.7 Å². The Morgan fingerprint density at radius 2 is 2.07 bits per heavy atom. The Bertz CT molecular complexity index is 960. The fourth-order valence-electron chi connectivity index (χ4n) is 3.93.